The van der Waals surface area contributed by atoms with E-state index >= 15 is 0 Å². The van der Waals surface area contributed by atoms with Gasteiger partial charge in [-0.15, -0.1) is 11.3 Å². The molecule has 0 amide bonds. The minimum atomic E-state index is 1.21. The summed E-state index contributed by atoms with van der Waals surface area (Å²) < 4.78 is 5.15. The highest BCUT2D eigenvalue weighted by atomic mass is 32.1. The molecule has 1 nitrogen and oxygen atoms in total. The number of hydrogen-bond acceptors (Lipinski definition) is 1. The van der Waals surface area contributed by atoms with Crippen molar-refractivity contribution < 1.29 is 0 Å². The lowest BCUT2D eigenvalue weighted by molar-refractivity contribution is 1.19. The fourth-order valence-corrected chi connectivity index (χ4v) is 6.09. The van der Waals surface area contributed by atoms with E-state index in [0.29, 0.717) is 0 Å². The van der Waals surface area contributed by atoms with E-state index in [1.807, 2.05) is 11.3 Å². The summed E-state index contributed by atoms with van der Waals surface area (Å²) >= 11 is 1.90. The van der Waals surface area contributed by atoms with E-state index in [9.17, 15) is 0 Å². The van der Waals surface area contributed by atoms with Crippen LogP contribution in [0.3, 0.4) is 0 Å². The van der Waals surface area contributed by atoms with E-state index in [2.05, 4.69) is 108 Å². The van der Waals surface area contributed by atoms with Crippen molar-refractivity contribution in [1.29, 1.82) is 0 Å². The molecule has 7 aromatic rings. The molecule has 0 spiro atoms. The van der Waals surface area contributed by atoms with E-state index < -0.39 is 0 Å². The molecule has 0 bridgehead atoms. The average Bonchev–Trinajstić information content (AvgIpc) is 3.34. The largest absolute Gasteiger partial charge is 0.309 e. The van der Waals surface area contributed by atoms with Crippen LogP contribution in [0.25, 0.3) is 58.4 Å². The molecule has 0 saturated heterocycles. The normalized spacial score (nSPS) is 12.0. The molecule has 2 heteroatoms. The molecule has 5 aromatic carbocycles. The van der Waals surface area contributed by atoms with Gasteiger partial charge in [0.25, 0.3) is 0 Å². The molecule has 0 aliphatic carbocycles. The Morgan fingerprint density at radius 1 is 0.533 bits per heavy atom. The Bertz CT molecular complexity index is 1750. The monoisotopic (exact) mass is 399 g/mol. The lowest BCUT2D eigenvalue weighted by Gasteiger charge is -2.09. The van der Waals surface area contributed by atoms with Gasteiger partial charge < -0.3 is 4.57 Å². The maximum atomic E-state index is 2.42. The number of fused-ring (bicyclic) bond motifs is 8. The van der Waals surface area contributed by atoms with Crippen molar-refractivity contribution in [2.75, 3.05) is 0 Å². The van der Waals surface area contributed by atoms with Crippen LogP contribution in [-0.2, 0) is 0 Å². The highest BCUT2D eigenvalue weighted by molar-refractivity contribution is 7.26. The van der Waals surface area contributed by atoms with Crippen LogP contribution < -0.4 is 0 Å². The van der Waals surface area contributed by atoms with Gasteiger partial charge in [-0.2, -0.15) is 0 Å². The second-order valence-electron chi connectivity index (χ2n) is 7.82. The van der Waals surface area contributed by atoms with Crippen LogP contribution in [0, 0.1) is 0 Å². The molecule has 0 atom stereocenters. The van der Waals surface area contributed by atoms with Crippen LogP contribution in [-0.4, -0.2) is 4.57 Å². The summed E-state index contributed by atoms with van der Waals surface area (Å²) in [5.74, 6) is 0. The van der Waals surface area contributed by atoms with Crippen molar-refractivity contribution in [3.05, 3.63) is 103 Å². The van der Waals surface area contributed by atoms with Crippen LogP contribution in [0.4, 0.5) is 0 Å². The molecule has 2 aromatic heterocycles. The van der Waals surface area contributed by atoms with Gasteiger partial charge in [0.15, 0.2) is 0 Å². The van der Waals surface area contributed by atoms with Crippen LogP contribution in [0.2, 0.25) is 0 Å². The molecule has 0 unspecified atom stereocenters. The van der Waals surface area contributed by atoms with Crippen molar-refractivity contribution >= 4 is 64.1 Å². The first kappa shape index (κ1) is 16.2. The zero-order valence-corrected chi connectivity index (χ0v) is 17.0. The fourth-order valence-electron chi connectivity index (χ4n) is 4.83. The molecule has 0 N–H and O–H groups in total. The molecule has 7 rings (SSSR count). The molecule has 2 heterocycles. The summed E-state index contributed by atoms with van der Waals surface area (Å²) in [6.45, 7) is 0. The van der Waals surface area contributed by atoms with Gasteiger partial charge in [-0.25, -0.2) is 0 Å². The van der Waals surface area contributed by atoms with Crippen LogP contribution in [0.1, 0.15) is 0 Å². The first-order valence-corrected chi connectivity index (χ1v) is 11.0. The Morgan fingerprint density at radius 2 is 1.30 bits per heavy atom. The first-order chi connectivity index (χ1) is 14.9. The summed E-state index contributed by atoms with van der Waals surface area (Å²) in [5.41, 5.74) is 3.73. The average molecular weight is 400 g/mol. The highest BCUT2D eigenvalue weighted by Crippen LogP contribution is 2.43. The number of benzene rings is 5. The lowest BCUT2D eigenvalue weighted by atomic mass is 10.1. The van der Waals surface area contributed by atoms with Gasteiger partial charge in [0, 0.05) is 36.6 Å². The number of rotatable bonds is 1. The lowest BCUT2D eigenvalue weighted by Crippen LogP contribution is -1.93. The molecule has 0 aliphatic rings. The summed E-state index contributed by atoms with van der Waals surface area (Å²) in [5, 5.41) is 7.92. The van der Waals surface area contributed by atoms with Gasteiger partial charge in [0.1, 0.15) is 0 Å². The summed E-state index contributed by atoms with van der Waals surface area (Å²) in [4.78, 5) is 0. The number of para-hydroxylation sites is 1. The second-order valence-corrected chi connectivity index (χ2v) is 8.87. The summed E-state index contributed by atoms with van der Waals surface area (Å²) in [6, 6.07) is 37.5. The molecule has 0 fully saturated rings. The standard InChI is InChI=1S/C28H17NS/c1-2-8-19-17-20(14-13-18(19)7-1)29-24-11-5-3-10-23(24)27-25(29)16-15-22-21-9-4-6-12-26(21)30-28(22)27/h1-17H. The van der Waals surface area contributed by atoms with Crippen molar-refractivity contribution in [1.82, 2.24) is 4.57 Å². The predicted octanol–water partition coefficient (Wildman–Crippen LogP) is 8.30. The minimum Gasteiger partial charge on any atom is -0.309 e. The van der Waals surface area contributed by atoms with Gasteiger partial charge >= 0.3 is 0 Å². The van der Waals surface area contributed by atoms with E-state index in [1.54, 1.807) is 0 Å². The number of aromatic nitrogens is 1. The zero-order valence-electron chi connectivity index (χ0n) is 16.2. The fraction of sp³-hybridized carbons (Fsp3) is 0. The van der Waals surface area contributed by atoms with Crippen LogP contribution in [0.5, 0.6) is 0 Å². The number of nitrogens with zero attached hydrogens (tertiary/aromatic N) is 1. The maximum Gasteiger partial charge on any atom is 0.0555 e. The molecule has 0 radical (unpaired) electrons. The Labute approximate surface area is 177 Å². The van der Waals surface area contributed by atoms with Crippen molar-refractivity contribution in [3.8, 4) is 5.69 Å². The van der Waals surface area contributed by atoms with Crippen molar-refractivity contribution in [2.24, 2.45) is 0 Å². The van der Waals surface area contributed by atoms with Gasteiger partial charge in [-0.05, 0) is 41.1 Å². The highest BCUT2D eigenvalue weighted by Gasteiger charge is 2.17. The van der Waals surface area contributed by atoms with Crippen LogP contribution in [0.15, 0.2) is 103 Å². The minimum absolute atomic E-state index is 1.21. The molecule has 30 heavy (non-hydrogen) atoms. The first-order valence-electron chi connectivity index (χ1n) is 10.2. The predicted molar refractivity (Wildman–Crippen MR) is 131 cm³/mol. The zero-order chi connectivity index (χ0) is 19.7. The van der Waals surface area contributed by atoms with Gasteiger partial charge in [-0.1, -0.05) is 72.8 Å². The van der Waals surface area contributed by atoms with Crippen molar-refractivity contribution in [2.45, 2.75) is 0 Å². The second kappa shape index (κ2) is 5.94. The molecule has 0 aliphatic heterocycles. The summed E-state index contributed by atoms with van der Waals surface area (Å²) in [6.07, 6.45) is 0. The van der Waals surface area contributed by atoms with Crippen LogP contribution >= 0.6 is 11.3 Å². The van der Waals surface area contributed by atoms with Crippen molar-refractivity contribution in [3.63, 3.8) is 0 Å². The van der Waals surface area contributed by atoms with Gasteiger partial charge in [0.05, 0.1) is 11.0 Å². The van der Waals surface area contributed by atoms with Gasteiger partial charge in [-0.3, -0.25) is 0 Å². The Morgan fingerprint density at radius 3 is 2.23 bits per heavy atom. The number of hydrogen-bond donors (Lipinski definition) is 0. The SMILES string of the molecule is c1ccc2cc(-n3c4ccccc4c4c5sc6ccccc6c5ccc43)ccc2c1. The topological polar surface area (TPSA) is 4.93 Å². The molecular weight excluding hydrogens is 382 g/mol. The quantitative estimate of drug-likeness (QED) is 0.262. The third kappa shape index (κ3) is 2.11. The summed E-state index contributed by atoms with van der Waals surface area (Å²) in [7, 11) is 0. The maximum absolute atomic E-state index is 2.42. The molecule has 140 valence electrons. The van der Waals surface area contributed by atoms with E-state index in [0.717, 1.165) is 0 Å². The molecule has 0 saturated carbocycles. The smallest absolute Gasteiger partial charge is 0.0555 e. The Balaban J connectivity index is 1.67. The van der Waals surface area contributed by atoms with E-state index in [1.165, 1.54) is 58.4 Å². The third-order valence-electron chi connectivity index (χ3n) is 6.17. The Hall–Kier alpha value is -3.62. The van der Waals surface area contributed by atoms with E-state index in [-0.39, 0.29) is 0 Å². The number of thiophene rings is 1. The van der Waals surface area contributed by atoms with Gasteiger partial charge in [0.2, 0.25) is 0 Å². The third-order valence-corrected chi connectivity index (χ3v) is 7.38. The Kier molecular flexibility index (Phi) is 3.21. The van der Waals surface area contributed by atoms with E-state index in [4.69, 9.17) is 0 Å². The molecular formula is C28H17NS.